The summed E-state index contributed by atoms with van der Waals surface area (Å²) in [5, 5.41) is 3.14. The van der Waals surface area contributed by atoms with Gasteiger partial charge in [-0.15, -0.1) is 0 Å². The van der Waals surface area contributed by atoms with Gasteiger partial charge in [-0.2, -0.15) is 0 Å². The van der Waals surface area contributed by atoms with Crippen molar-refractivity contribution in [2.45, 2.75) is 83.4 Å². The van der Waals surface area contributed by atoms with Crippen molar-refractivity contribution in [2.24, 2.45) is 5.73 Å². The summed E-state index contributed by atoms with van der Waals surface area (Å²) in [5.41, 5.74) is 5.59. The number of nitrogens with one attached hydrogen (secondary N) is 1. The van der Waals surface area contributed by atoms with Crippen LogP contribution in [0, 0.1) is 0 Å². The molecule has 3 N–H and O–H groups in total. The molecule has 4 heteroatoms. The van der Waals surface area contributed by atoms with Gasteiger partial charge in [-0.25, -0.2) is 0 Å². The van der Waals surface area contributed by atoms with Gasteiger partial charge in [-0.3, -0.25) is 4.79 Å². The van der Waals surface area contributed by atoms with Crippen LogP contribution in [-0.2, 0) is 9.53 Å². The third kappa shape index (κ3) is 5.49. The van der Waals surface area contributed by atoms with Crippen molar-refractivity contribution < 1.29 is 9.53 Å². The Kier molecular flexibility index (Phi) is 5.81. The fraction of sp³-hybridized carbons (Fsp3) is 0.933. The van der Waals surface area contributed by atoms with Gasteiger partial charge in [0.25, 0.3) is 0 Å². The molecular formula is C15H30N2O2. The van der Waals surface area contributed by atoms with E-state index in [0.29, 0.717) is 6.42 Å². The molecule has 112 valence electrons. The van der Waals surface area contributed by atoms with E-state index < -0.39 is 0 Å². The summed E-state index contributed by atoms with van der Waals surface area (Å²) in [6.07, 6.45) is 5.08. The molecule has 0 bridgehead atoms. The Balaban J connectivity index is 2.42. The normalized spacial score (nSPS) is 23.1. The van der Waals surface area contributed by atoms with E-state index >= 15 is 0 Å². The smallest absolute Gasteiger partial charge is 0.220 e. The van der Waals surface area contributed by atoms with Crippen LogP contribution in [-0.4, -0.2) is 29.7 Å². The second-order valence-electron chi connectivity index (χ2n) is 6.48. The predicted molar refractivity (Wildman–Crippen MR) is 77.9 cm³/mol. The lowest BCUT2D eigenvalue weighted by Crippen LogP contribution is -2.48. The average Bonchev–Trinajstić information content (AvgIpc) is 2.36. The summed E-state index contributed by atoms with van der Waals surface area (Å²) >= 11 is 0. The minimum absolute atomic E-state index is 0.0384. The van der Waals surface area contributed by atoms with Crippen LogP contribution in [0.5, 0.6) is 0 Å². The van der Waals surface area contributed by atoms with Gasteiger partial charge < -0.3 is 15.8 Å². The maximum atomic E-state index is 11.9. The number of ether oxygens (including phenoxy) is 1. The molecule has 0 aromatic heterocycles. The highest BCUT2D eigenvalue weighted by molar-refractivity contribution is 5.76. The molecule has 0 aromatic rings. The summed E-state index contributed by atoms with van der Waals surface area (Å²) in [4.78, 5) is 11.9. The zero-order valence-electron chi connectivity index (χ0n) is 12.9. The first-order chi connectivity index (χ1) is 8.80. The van der Waals surface area contributed by atoms with Gasteiger partial charge in [0.2, 0.25) is 5.91 Å². The monoisotopic (exact) mass is 270 g/mol. The molecule has 0 aliphatic carbocycles. The third-order valence-corrected chi connectivity index (χ3v) is 4.14. The minimum atomic E-state index is -0.274. The number of carbonyl (C=O) groups excluding carboxylic acids is 1. The van der Waals surface area contributed by atoms with E-state index in [1.165, 1.54) is 0 Å². The Bertz CT molecular complexity index is 293. The lowest BCUT2D eigenvalue weighted by atomic mass is 9.86. The zero-order chi connectivity index (χ0) is 14.5. The molecule has 1 aliphatic heterocycles. The minimum Gasteiger partial charge on any atom is -0.375 e. The van der Waals surface area contributed by atoms with Crippen LogP contribution in [0.15, 0.2) is 0 Å². The number of hydrogen-bond donors (Lipinski definition) is 2. The molecule has 1 amide bonds. The lowest BCUT2D eigenvalue weighted by molar-refractivity contribution is -0.126. The van der Waals surface area contributed by atoms with Crippen LogP contribution in [0.25, 0.3) is 0 Å². The van der Waals surface area contributed by atoms with Crippen LogP contribution in [0.3, 0.4) is 0 Å². The Morgan fingerprint density at radius 1 is 1.42 bits per heavy atom. The van der Waals surface area contributed by atoms with E-state index in [0.717, 1.165) is 38.7 Å². The van der Waals surface area contributed by atoms with Crippen LogP contribution >= 0.6 is 0 Å². The Labute approximate surface area is 117 Å². The van der Waals surface area contributed by atoms with E-state index in [1.54, 1.807) is 0 Å². The van der Waals surface area contributed by atoms with Crippen LogP contribution in [0.1, 0.15) is 66.2 Å². The molecule has 0 spiro atoms. The maximum Gasteiger partial charge on any atom is 0.220 e. The molecule has 1 heterocycles. The van der Waals surface area contributed by atoms with E-state index in [4.69, 9.17) is 10.5 Å². The Morgan fingerprint density at radius 3 is 2.58 bits per heavy atom. The fourth-order valence-corrected chi connectivity index (χ4v) is 2.63. The van der Waals surface area contributed by atoms with Gasteiger partial charge in [-0.1, -0.05) is 13.8 Å². The Hall–Kier alpha value is -0.610. The molecule has 19 heavy (non-hydrogen) atoms. The maximum absolute atomic E-state index is 11.9. The zero-order valence-corrected chi connectivity index (χ0v) is 12.9. The number of carbonyl (C=O) groups is 1. The molecule has 4 nitrogen and oxygen atoms in total. The van der Waals surface area contributed by atoms with E-state index in [-0.39, 0.29) is 23.1 Å². The lowest BCUT2D eigenvalue weighted by Gasteiger charge is -2.40. The summed E-state index contributed by atoms with van der Waals surface area (Å²) in [5.74, 6) is 0.117. The van der Waals surface area contributed by atoms with Gasteiger partial charge in [0.05, 0.1) is 5.60 Å². The highest BCUT2D eigenvalue weighted by Crippen LogP contribution is 2.31. The third-order valence-electron chi connectivity index (χ3n) is 4.14. The topological polar surface area (TPSA) is 64.4 Å². The van der Waals surface area contributed by atoms with Crippen molar-refractivity contribution in [3.05, 3.63) is 0 Å². The van der Waals surface area contributed by atoms with Gasteiger partial charge in [0.1, 0.15) is 0 Å². The number of amides is 1. The van der Waals surface area contributed by atoms with Crippen molar-refractivity contribution in [3.8, 4) is 0 Å². The SMILES string of the molecule is CCC1(CC)CC(NC(=O)CCC(C)(C)N)CCO1. The summed E-state index contributed by atoms with van der Waals surface area (Å²) in [7, 11) is 0. The number of rotatable bonds is 6. The van der Waals surface area contributed by atoms with Crippen molar-refractivity contribution in [2.75, 3.05) is 6.61 Å². The first kappa shape index (κ1) is 16.4. The summed E-state index contributed by atoms with van der Waals surface area (Å²) in [6.45, 7) is 8.96. The van der Waals surface area contributed by atoms with Gasteiger partial charge in [0.15, 0.2) is 0 Å². The van der Waals surface area contributed by atoms with Crippen molar-refractivity contribution in [1.82, 2.24) is 5.32 Å². The first-order valence-corrected chi connectivity index (χ1v) is 7.52. The number of hydrogen-bond acceptors (Lipinski definition) is 3. The molecule has 1 aliphatic rings. The first-order valence-electron chi connectivity index (χ1n) is 7.52. The van der Waals surface area contributed by atoms with E-state index in [2.05, 4.69) is 19.2 Å². The predicted octanol–water partition coefficient (Wildman–Crippen LogP) is 2.36. The summed E-state index contributed by atoms with van der Waals surface area (Å²) in [6, 6.07) is 0.252. The molecule has 0 saturated carbocycles. The fourth-order valence-electron chi connectivity index (χ4n) is 2.63. The second-order valence-corrected chi connectivity index (χ2v) is 6.48. The molecule has 1 atom stereocenters. The second kappa shape index (κ2) is 6.71. The van der Waals surface area contributed by atoms with Crippen LogP contribution < -0.4 is 11.1 Å². The molecule has 1 saturated heterocycles. The van der Waals surface area contributed by atoms with Gasteiger partial charge in [0, 0.05) is 24.6 Å². The van der Waals surface area contributed by atoms with E-state index in [1.807, 2.05) is 13.8 Å². The standard InChI is InChI=1S/C15H30N2O2/c1-5-15(6-2)11-12(8-10-19-15)17-13(18)7-9-14(3,4)16/h12H,5-11,16H2,1-4H3,(H,17,18). The summed E-state index contributed by atoms with van der Waals surface area (Å²) < 4.78 is 5.92. The molecular weight excluding hydrogens is 240 g/mol. The highest BCUT2D eigenvalue weighted by atomic mass is 16.5. The molecule has 1 unspecified atom stereocenters. The van der Waals surface area contributed by atoms with Gasteiger partial charge in [-0.05, 0) is 46.0 Å². The van der Waals surface area contributed by atoms with Gasteiger partial charge >= 0.3 is 0 Å². The average molecular weight is 270 g/mol. The molecule has 0 radical (unpaired) electrons. The van der Waals surface area contributed by atoms with Crippen LogP contribution in [0.2, 0.25) is 0 Å². The molecule has 1 fully saturated rings. The van der Waals surface area contributed by atoms with Crippen molar-refractivity contribution in [3.63, 3.8) is 0 Å². The quantitative estimate of drug-likeness (QED) is 0.778. The number of nitrogens with two attached hydrogens (primary N) is 1. The molecule has 1 rings (SSSR count). The molecule has 0 aromatic carbocycles. The van der Waals surface area contributed by atoms with Crippen molar-refractivity contribution >= 4 is 5.91 Å². The van der Waals surface area contributed by atoms with E-state index in [9.17, 15) is 4.79 Å². The highest BCUT2D eigenvalue weighted by Gasteiger charge is 2.34. The largest absolute Gasteiger partial charge is 0.375 e. The van der Waals surface area contributed by atoms with Crippen molar-refractivity contribution in [1.29, 1.82) is 0 Å². The van der Waals surface area contributed by atoms with Crippen LogP contribution in [0.4, 0.5) is 0 Å². The Morgan fingerprint density at radius 2 is 2.05 bits per heavy atom.